The summed E-state index contributed by atoms with van der Waals surface area (Å²) in [5.41, 5.74) is 5.82. The molecule has 2 atom stereocenters. The maximum Gasteiger partial charge on any atom is 0.0657 e. The third-order valence-electron chi connectivity index (χ3n) is 4.31. The number of hydrogen-bond donors (Lipinski definition) is 2. The molecule has 4 saturated carbocycles. The van der Waals surface area contributed by atoms with E-state index < -0.39 is 0 Å². The van der Waals surface area contributed by atoms with Crippen LogP contribution >= 0.6 is 0 Å². The van der Waals surface area contributed by atoms with Gasteiger partial charge < -0.3 is 10.8 Å². The fraction of sp³-hybridized carbons (Fsp3) is 1.00. The monoisotopic (exact) mass is 167 g/mol. The van der Waals surface area contributed by atoms with E-state index in [0.29, 0.717) is 17.9 Å². The molecule has 68 valence electrons. The summed E-state index contributed by atoms with van der Waals surface area (Å²) in [4.78, 5) is 0. The van der Waals surface area contributed by atoms with E-state index >= 15 is 0 Å². The molecule has 0 radical (unpaired) electrons. The summed E-state index contributed by atoms with van der Waals surface area (Å²) in [6, 6.07) is 0.404. The van der Waals surface area contributed by atoms with Crippen molar-refractivity contribution in [1.82, 2.24) is 0 Å². The van der Waals surface area contributed by atoms with Crippen molar-refractivity contribution < 1.29 is 5.11 Å². The molecule has 2 unspecified atom stereocenters. The predicted octanol–water partition coefficient (Wildman–Crippen LogP) is 0.885. The molecule has 0 aromatic heterocycles. The van der Waals surface area contributed by atoms with Crippen LogP contribution in [0.15, 0.2) is 0 Å². The van der Waals surface area contributed by atoms with Crippen LogP contribution in [0, 0.1) is 17.8 Å². The Labute approximate surface area is 73.1 Å². The van der Waals surface area contributed by atoms with Crippen LogP contribution in [0.2, 0.25) is 0 Å². The molecule has 3 N–H and O–H groups in total. The molecule has 2 heteroatoms. The van der Waals surface area contributed by atoms with Crippen molar-refractivity contribution in [1.29, 1.82) is 0 Å². The van der Waals surface area contributed by atoms with Crippen molar-refractivity contribution in [2.45, 2.75) is 43.7 Å². The summed E-state index contributed by atoms with van der Waals surface area (Å²) < 4.78 is 0. The van der Waals surface area contributed by atoms with Gasteiger partial charge in [0, 0.05) is 6.04 Å². The van der Waals surface area contributed by atoms with Crippen molar-refractivity contribution in [3.8, 4) is 0 Å². The molecule has 0 spiro atoms. The van der Waals surface area contributed by atoms with Gasteiger partial charge in [-0.1, -0.05) is 0 Å². The van der Waals surface area contributed by atoms with E-state index in [2.05, 4.69) is 0 Å². The topological polar surface area (TPSA) is 46.2 Å². The second-order valence-corrected chi connectivity index (χ2v) is 5.27. The summed E-state index contributed by atoms with van der Waals surface area (Å²) in [6.45, 7) is 0. The van der Waals surface area contributed by atoms with Gasteiger partial charge in [0.05, 0.1) is 5.60 Å². The molecule has 4 aliphatic carbocycles. The molecule has 0 heterocycles. The first-order valence-corrected chi connectivity index (χ1v) is 5.14. The normalized spacial score (nSPS) is 62.5. The first kappa shape index (κ1) is 7.34. The maximum absolute atomic E-state index is 10.2. The lowest BCUT2D eigenvalue weighted by Crippen LogP contribution is -2.59. The van der Waals surface area contributed by atoms with Gasteiger partial charge in [-0.15, -0.1) is 0 Å². The number of hydrogen-bond acceptors (Lipinski definition) is 2. The Bertz CT molecular complexity index is 200. The Balaban J connectivity index is 1.95. The van der Waals surface area contributed by atoms with Crippen molar-refractivity contribution >= 4 is 0 Å². The molecule has 4 fully saturated rings. The van der Waals surface area contributed by atoms with E-state index in [-0.39, 0.29) is 5.60 Å². The standard InChI is InChI=1S/C10H17NO/c11-9-7-1-6-2-8(9)5-10(12,3-6)4-7/h6-9,12H,1-5,11H2/t6-,7?,8?,9-,10-. The molecule has 0 amide bonds. The molecular weight excluding hydrogens is 150 g/mol. The van der Waals surface area contributed by atoms with Gasteiger partial charge in [-0.3, -0.25) is 0 Å². The van der Waals surface area contributed by atoms with Gasteiger partial charge >= 0.3 is 0 Å². The Kier molecular flexibility index (Phi) is 1.25. The summed E-state index contributed by atoms with van der Waals surface area (Å²) in [7, 11) is 0. The van der Waals surface area contributed by atoms with E-state index in [4.69, 9.17) is 5.73 Å². The molecule has 12 heavy (non-hydrogen) atoms. The summed E-state index contributed by atoms with van der Waals surface area (Å²) in [5.74, 6) is 2.08. The quantitative estimate of drug-likeness (QED) is 0.562. The predicted molar refractivity (Wildman–Crippen MR) is 46.5 cm³/mol. The minimum absolute atomic E-state index is 0.299. The largest absolute Gasteiger partial charge is 0.390 e. The second-order valence-electron chi connectivity index (χ2n) is 5.27. The zero-order chi connectivity index (χ0) is 8.34. The van der Waals surface area contributed by atoms with Crippen molar-refractivity contribution in [3.63, 3.8) is 0 Å². The Morgan fingerprint density at radius 3 is 2.17 bits per heavy atom. The van der Waals surface area contributed by atoms with E-state index in [9.17, 15) is 5.11 Å². The van der Waals surface area contributed by atoms with E-state index in [1.54, 1.807) is 0 Å². The molecule has 4 rings (SSSR count). The molecular formula is C10H17NO. The highest BCUT2D eigenvalue weighted by Gasteiger charge is 2.53. The van der Waals surface area contributed by atoms with Gasteiger partial charge in [-0.2, -0.15) is 0 Å². The lowest BCUT2D eigenvalue weighted by molar-refractivity contribution is -0.132. The summed E-state index contributed by atoms with van der Waals surface area (Å²) >= 11 is 0. The first-order chi connectivity index (χ1) is 5.66. The van der Waals surface area contributed by atoms with Gasteiger partial charge in [-0.05, 0) is 49.9 Å². The highest BCUT2D eigenvalue weighted by Crippen LogP contribution is 2.54. The summed E-state index contributed by atoms with van der Waals surface area (Å²) in [6.07, 6.45) is 5.62. The van der Waals surface area contributed by atoms with E-state index in [1.165, 1.54) is 12.8 Å². The lowest BCUT2D eigenvalue weighted by Gasteiger charge is -2.57. The molecule has 0 aromatic carbocycles. The Morgan fingerprint density at radius 2 is 1.67 bits per heavy atom. The Morgan fingerprint density at radius 1 is 1.08 bits per heavy atom. The third kappa shape index (κ3) is 0.826. The molecule has 4 aliphatic rings. The number of nitrogens with two attached hydrogens (primary N) is 1. The van der Waals surface area contributed by atoms with Gasteiger partial charge in [0.15, 0.2) is 0 Å². The zero-order valence-corrected chi connectivity index (χ0v) is 7.37. The van der Waals surface area contributed by atoms with Gasteiger partial charge in [0.1, 0.15) is 0 Å². The summed E-state index contributed by atoms with van der Waals surface area (Å²) in [5, 5.41) is 10.2. The fourth-order valence-electron chi connectivity index (χ4n) is 4.02. The van der Waals surface area contributed by atoms with Crippen LogP contribution in [0.3, 0.4) is 0 Å². The van der Waals surface area contributed by atoms with Crippen molar-refractivity contribution in [2.75, 3.05) is 0 Å². The van der Waals surface area contributed by atoms with Gasteiger partial charge in [0.25, 0.3) is 0 Å². The van der Waals surface area contributed by atoms with Crippen molar-refractivity contribution in [3.05, 3.63) is 0 Å². The first-order valence-electron chi connectivity index (χ1n) is 5.14. The molecule has 0 aliphatic heterocycles. The Hall–Kier alpha value is -0.0800. The highest BCUT2D eigenvalue weighted by atomic mass is 16.3. The van der Waals surface area contributed by atoms with Crippen molar-refractivity contribution in [2.24, 2.45) is 23.5 Å². The smallest absolute Gasteiger partial charge is 0.0657 e. The molecule has 0 aromatic rings. The average Bonchev–Trinajstić information content (AvgIpc) is 1.96. The van der Waals surface area contributed by atoms with Crippen LogP contribution in [0.1, 0.15) is 32.1 Å². The fourth-order valence-corrected chi connectivity index (χ4v) is 4.02. The van der Waals surface area contributed by atoms with Gasteiger partial charge in [0.2, 0.25) is 0 Å². The van der Waals surface area contributed by atoms with Crippen LogP contribution in [-0.2, 0) is 0 Å². The zero-order valence-electron chi connectivity index (χ0n) is 7.37. The van der Waals surface area contributed by atoms with Crippen LogP contribution in [0.25, 0.3) is 0 Å². The van der Waals surface area contributed by atoms with E-state index in [1.807, 2.05) is 0 Å². The van der Waals surface area contributed by atoms with Crippen LogP contribution in [0.4, 0.5) is 0 Å². The van der Waals surface area contributed by atoms with Crippen LogP contribution in [-0.4, -0.2) is 16.7 Å². The minimum atomic E-state index is -0.299. The minimum Gasteiger partial charge on any atom is -0.390 e. The highest BCUT2D eigenvalue weighted by molar-refractivity contribution is 5.06. The lowest BCUT2D eigenvalue weighted by atomic mass is 9.52. The average molecular weight is 167 g/mol. The second kappa shape index (κ2) is 2.05. The SMILES string of the molecule is N[C@H]1C2C[C@H]3CC1C[C@@](O)(C2)C3. The van der Waals surface area contributed by atoms with Gasteiger partial charge in [-0.25, -0.2) is 0 Å². The van der Waals surface area contributed by atoms with E-state index in [0.717, 1.165) is 25.2 Å². The third-order valence-corrected chi connectivity index (χ3v) is 4.31. The maximum atomic E-state index is 10.2. The van der Waals surface area contributed by atoms with Crippen LogP contribution in [0.5, 0.6) is 0 Å². The molecule has 4 bridgehead atoms. The van der Waals surface area contributed by atoms with Crippen LogP contribution < -0.4 is 5.73 Å². The molecule has 0 saturated heterocycles. The molecule has 2 nitrogen and oxygen atoms in total. The number of aliphatic hydroxyl groups is 1. The number of rotatable bonds is 0.